The molecule has 0 aliphatic carbocycles. The van der Waals surface area contributed by atoms with E-state index in [2.05, 4.69) is 5.16 Å². The van der Waals surface area contributed by atoms with E-state index in [0.717, 1.165) is 10.6 Å². The van der Waals surface area contributed by atoms with Crippen LogP contribution < -0.4 is 0 Å². The smallest absolute Gasteiger partial charge is 0.312 e. The Morgan fingerprint density at radius 1 is 1.19 bits per heavy atom. The number of hydrogen-bond acceptors (Lipinski definition) is 4. The van der Waals surface area contributed by atoms with Crippen molar-refractivity contribution in [2.24, 2.45) is 10.6 Å². The molecular weight excluding hydrogens is 306 g/mol. The molecule has 0 amide bonds. The number of carbonyl (C=O) groups is 1. The molecule has 0 N–H and O–H groups in total. The Balaban J connectivity index is 2.20. The number of hydrogen-bond donors (Lipinski definition) is 0. The van der Waals surface area contributed by atoms with Gasteiger partial charge in [0, 0.05) is 10.4 Å². The fourth-order valence-corrected chi connectivity index (χ4v) is 2.73. The zero-order chi connectivity index (χ0) is 15.5. The van der Waals surface area contributed by atoms with E-state index in [4.69, 9.17) is 16.4 Å². The highest BCUT2D eigenvalue weighted by Gasteiger charge is 2.23. The van der Waals surface area contributed by atoms with E-state index in [0.29, 0.717) is 10.6 Å². The van der Waals surface area contributed by atoms with Crippen LogP contribution in [0.2, 0.25) is 5.02 Å². The Labute approximate surface area is 133 Å². The standard InChI is InChI=1S/C16H16ClNO2S/c1-16(2,3)14(13-5-4-10-21-13)18-20-15(19)11-6-8-12(17)9-7-11/h4-10H,1-3H3/b18-14-. The summed E-state index contributed by atoms with van der Waals surface area (Å²) < 4.78 is 0. The highest BCUT2D eigenvalue weighted by atomic mass is 35.5. The zero-order valence-corrected chi connectivity index (χ0v) is 13.7. The van der Waals surface area contributed by atoms with Crippen molar-refractivity contribution in [2.75, 3.05) is 0 Å². The summed E-state index contributed by atoms with van der Waals surface area (Å²) in [6, 6.07) is 10.4. The number of thiophene rings is 1. The summed E-state index contributed by atoms with van der Waals surface area (Å²) in [5, 5.41) is 6.62. The molecule has 0 spiro atoms. The molecule has 21 heavy (non-hydrogen) atoms. The Bertz CT molecular complexity index is 640. The first-order valence-corrected chi connectivity index (χ1v) is 7.73. The van der Waals surface area contributed by atoms with Crippen LogP contribution in [0.3, 0.4) is 0 Å². The van der Waals surface area contributed by atoms with Crippen LogP contribution in [0.25, 0.3) is 0 Å². The molecule has 2 aromatic rings. The number of rotatable bonds is 3. The lowest BCUT2D eigenvalue weighted by molar-refractivity contribution is 0.0513. The van der Waals surface area contributed by atoms with Crippen LogP contribution in [0, 0.1) is 5.41 Å². The summed E-state index contributed by atoms with van der Waals surface area (Å²) in [6.07, 6.45) is 0. The van der Waals surface area contributed by atoms with Crippen molar-refractivity contribution < 1.29 is 9.63 Å². The van der Waals surface area contributed by atoms with Crippen molar-refractivity contribution in [1.82, 2.24) is 0 Å². The molecule has 1 aromatic heterocycles. The summed E-state index contributed by atoms with van der Waals surface area (Å²) in [6.45, 7) is 6.09. The zero-order valence-electron chi connectivity index (χ0n) is 12.1. The maximum Gasteiger partial charge on any atom is 0.365 e. The second-order valence-corrected chi connectivity index (χ2v) is 6.94. The van der Waals surface area contributed by atoms with Crippen LogP contribution in [0.1, 0.15) is 36.0 Å². The van der Waals surface area contributed by atoms with E-state index in [-0.39, 0.29) is 5.41 Å². The minimum atomic E-state index is -0.495. The maximum atomic E-state index is 12.0. The van der Waals surface area contributed by atoms with Gasteiger partial charge in [-0.1, -0.05) is 43.6 Å². The molecule has 1 heterocycles. The molecule has 0 radical (unpaired) electrons. The normalized spacial score (nSPS) is 12.3. The van der Waals surface area contributed by atoms with Crippen LogP contribution in [0.4, 0.5) is 0 Å². The first-order valence-electron chi connectivity index (χ1n) is 6.47. The third-order valence-corrected chi connectivity index (χ3v) is 3.89. The lowest BCUT2D eigenvalue weighted by atomic mass is 9.89. The molecule has 0 bridgehead atoms. The molecule has 0 saturated carbocycles. The monoisotopic (exact) mass is 321 g/mol. The van der Waals surface area contributed by atoms with Gasteiger partial charge < -0.3 is 4.84 Å². The molecule has 5 heteroatoms. The van der Waals surface area contributed by atoms with Gasteiger partial charge >= 0.3 is 5.97 Å². The van der Waals surface area contributed by atoms with E-state index < -0.39 is 5.97 Å². The molecule has 0 saturated heterocycles. The van der Waals surface area contributed by atoms with Crippen molar-refractivity contribution in [3.63, 3.8) is 0 Å². The van der Waals surface area contributed by atoms with Gasteiger partial charge in [0.1, 0.15) is 5.71 Å². The molecule has 3 nitrogen and oxygen atoms in total. The summed E-state index contributed by atoms with van der Waals surface area (Å²) in [5.41, 5.74) is 0.952. The van der Waals surface area contributed by atoms with Crippen LogP contribution in [0.5, 0.6) is 0 Å². The summed E-state index contributed by atoms with van der Waals surface area (Å²) >= 11 is 7.36. The van der Waals surface area contributed by atoms with Gasteiger partial charge in [0.15, 0.2) is 0 Å². The van der Waals surface area contributed by atoms with Crippen molar-refractivity contribution in [3.05, 3.63) is 57.2 Å². The number of oxime groups is 1. The van der Waals surface area contributed by atoms with E-state index in [9.17, 15) is 4.79 Å². The molecular formula is C16H16ClNO2S. The fraction of sp³-hybridized carbons (Fsp3) is 0.250. The molecule has 0 unspecified atom stereocenters. The average Bonchev–Trinajstić information content (AvgIpc) is 2.91. The topological polar surface area (TPSA) is 38.7 Å². The predicted molar refractivity (Wildman–Crippen MR) is 87.2 cm³/mol. The van der Waals surface area contributed by atoms with E-state index in [1.807, 2.05) is 38.3 Å². The number of halogens is 1. The fourth-order valence-electron chi connectivity index (χ4n) is 1.69. The lowest BCUT2D eigenvalue weighted by Crippen LogP contribution is -2.21. The summed E-state index contributed by atoms with van der Waals surface area (Å²) in [7, 11) is 0. The van der Waals surface area contributed by atoms with Crippen LogP contribution in [-0.4, -0.2) is 11.7 Å². The van der Waals surface area contributed by atoms with Crippen molar-refractivity contribution in [3.8, 4) is 0 Å². The van der Waals surface area contributed by atoms with Gasteiger partial charge in [-0.05, 0) is 35.7 Å². The van der Waals surface area contributed by atoms with E-state index >= 15 is 0 Å². The van der Waals surface area contributed by atoms with Crippen molar-refractivity contribution >= 4 is 34.6 Å². The molecule has 0 aliphatic heterocycles. The lowest BCUT2D eigenvalue weighted by Gasteiger charge is -2.19. The van der Waals surface area contributed by atoms with Gasteiger partial charge in [-0.3, -0.25) is 0 Å². The van der Waals surface area contributed by atoms with Gasteiger partial charge in [-0.2, -0.15) is 0 Å². The molecule has 110 valence electrons. The average molecular weight is 322 g/mol. The summed E-state index contributed by atoms with van der Waals surface area (Å²) in [4.78, 5) is 18.1. The van der Waals surface area contributed by atoms with Gasteiger partial charge in [0.2, 0.25) is 0 Å². The maximum absolute atomic E-state index is 12.0. The number of nitrogens with zero attached hydrogens (tertiary/aromatic N) is 1. The third-order valence-electron chi connectivity index (χ3n) is 2.76. The van der Waals surface area contributed by atoms with Crippen LogP contribution >= 0.6 is 22.9 Å². The van der Waals surface area contributed by atoms with Gasteiger partial charge in [0.25, 0.3) is 0 Å². The Kier molecular flexibility index (Phi) is 4.80. The minimum Gasteiger partial charge on any atom is -0.312 e. The van der Waals surface area contributed by atoms with E-state index in [1.165, 1.54) is 0 Å². The molecule has 0 atom stereocenters. The first kappa shape index (κ1) is 15.7. The van der Waals surface area contributed by atoms with Gasteiger partial charge in [-0.25, -0.2) is 4.79 Å². The van der Waals surface area contributed by atoms with E-state index in [1.54, 1.807) is 35.6 Å². The molecule has 0 fully saturated rings. The largest absolute Gasteiger partial charge is 0.365 e. The van der Waals surface area contributed by atoms with Gasteiger partial charge in [0.05, 0.1) is 10.4 Å². The second kappa shape index (κ2) is 6.41. The Morgan fingerprint density at radius 3 is 2.38 bits per heavy atom. The number of benzene rings is 1. The number of carbonyl (C=O) groups excluding carboxylic acids is 1. The highest BCUT2D eigenvalue weighted by molar-refractivity contribution is 7.12. The molecule has 0 aliphatic rings. The quantitative estimate of drug-likeness (QED) is 0.453. The van der Waals surface area contributed by atoms with Crippen molar-refractivity contribution in [2.45, 2.75) is 20.8 Å². The predicted octanol–water partition coefficient (Wildman–Crippen LogP) is 5.01. The van der Waals surface area contributed by atoms with Crippen LogP contribution in [-0.2, 0) is 4.84 Å². The third kappa shape index (κ3) is 4.16. The summed E-state index contributed by atoms with van der Waals surface area (Å²) in [5.74, 6) is -0.495. The van der Waals surface area contributed by atoms with Crippen molar-refractivity contribution in [1.29, 1.82) is 0 Å². The molecule has 2 rings (SSSR count). The van der Waals surface area contributed by atoms with Crippen LogP contribution in [0.15, 0.2) is 46.9 Å². The SMILES string of the molecule is CC(C)(C)/C(=N\OC(=O)c1ccc(Cl)cc1)c1cccs1. The minimum absolute atomic E-state index is 0.217. The van der Waals surface area contributed by atoms with Gasteiger partial charge in [-0.15, -0.1) is 11.3 Å². The Hall–Kier alpha value is -1.65. The second-order valence-electron chi connectivity index (χ2n) is 5.55. The Morgan fingerprint density at radius 2 is 1.86 bits per heavy atom. The highest BCUT2D eigenvalue weighted by Crippen LogP contribution is 2.25. The molecule has 1 aromatic carbocycles. The first-order chi connectivity index (χ1) is 9.88.